The Morgan fingerprint density at radius 1 is 1.62 bits per heavy atom. The van der Waals surface area contributed by atoms with Crippen molar-refractivity contribution in [2.24, 2.45) is 5.84 Å². The third-order valence-corrected chi connectivity index (χ3v) is 3.17. The van der Waals surface area contributed by atoms with E-state index in [-0.39, 0.29) is 5.91 Å². The van der Waals surface area contributed by atoms with Gasteiger partial charge in [-0.25, -0.2) is 5.84 Å². The summed E-state index contributed by atoms with van der Waals surface area (Å²) in [5.74, 6) is 6.10. The van der Waals surface area contributed by atoms with Crippen molar-refractivity contribution in [1.29, 1.82) is 0 Å². The number of unbranched alkanes of at least 4 members (excludes halogenated alkanes) is 1. The SMILES string of the molecule is CCCCSC(C)CCC(=O)NN. The second-order valence-electron chi connectivity index (χ2n) is 3.14. The van der Waals surface area contributed by atoms with Gasteiger partial charge in [0.05, 0.1) is 0 Å². The Labute approximate surface area is 84.8 Å². The van der Waals surface area contributed by atoms with Crippen LogP contribution in [0.3, 0.4) is 0 Å². The summed E-state index contributed by atoms with van der Waals surface area (Å²) in [7, 11) is 0. The molecule has 0 aliphatic heterocycles. The molecule has 0 aromatic carbocycles. The first-order valence-corrected chi connectivity index (χ1v) is 5.86. The molecule has 4 heteroatoms. The van der Waals surface area contributed by atoms with Crippen molar-refractivity contribution in [2.45, 2.75) is 44.8 Å². The van der Waals surface area contributed by atoms with Gasteiger partial charge in [-0.3, -0.25) is 10.2 Å². The number of hydrogen-bond acceptors (Lipinski definition) is 3. The second-order valence-corrected chi connectivity index (χ2v) is 4.69. The van der Waals surface area contributed by atoms with Gasteiger partial charge in [0.25, 0.3) is 0 Å². The highest BCUT2D eigenvalue weighted by atomic mass is 32.2. The average Bonchev–Trinajstić information content (AvgIpc) is 2.14. The summed E-state index contributed by atoms with van der Waals surface area (Å²) in [6, 6.07) is 0. The lowest BCUT2D eigenvalue weighted by Crippen LogP contribution is -2.30. The maximum atomic E-state index is 10.8. The summed E-state index contributed by atoms with van der Waals surface area (Å²) >= 11 is 1.93. The van der Waals surface area contributed by atoms with Crippen molar-refractivity contribution < 1.29 is 4.79 Å². The molecular weight excluding hydrogens is 184 g/mol. The lowest BCUT2D eigenvalue weighted by atomic mass is 10.2. The van der Waals surface area contributed by atoms with Gasteiger partial charge >= 0.3 is 0 Å². The molecule has 0 spiro atoms. The van der Waals surface area contributed by atoms with Gasteiger partial charge in [-0.1, -0.05) is 20.3 Å². The van der Waals surface area contributed by atoms with E-state index in [4.69, 9.17) is 5.84 Å². The molecule has 1 amide bonds. The predicted molar refractivity (Wildman–Crippen MR) is 58.4 cm³/mol. The van der Waals surface area contributed by atoms with Crippen LogP contribution >= 0.6 is 11.8 Å². The van der Waals surface area contributed by atoms with E-state index >= 15 is 0 Å². The minimum Gasteiger partial charge on any atom is -0.294 e. The highest BCUT2D eigenvalue weighted by Gasteiger charge is 2.05. The second kappa shape index (κ2) is 8.38. The molecule has 13 heavy (non-hydrogen) atoms. The zero-order chi connectivity index (χ0) is 10.1. The number of carbonyl (C=O) groups is 1. The zero-order valence-corrected chi connectivity index (χ0v) is 9.32. The van der Waals surface area contributed by atoms with E-state index in [0.717, 1.165) is 6.42 Å². The molecule has 0 heterocycles. The zero-order valence-electron chi connectivity index (χ0n) is 8.51. The van der Waals surface area contributed by atoms with Gasteiger partial charge in [-0.15, -0.1) is 0 Å². The van der Waals surface area contributed by atoms with E-state index < -0.39 is 0 Å². The summed E-state index contributed by atoms with van der Waals surface area (Å²) < 4.78 is 0. The van der Waals surface area contributed by atoms with Gasteiger partial charge in [0.2, 0.25) is 5.91 Å². The number of rotatable bonds is 7. The largest absolute Gasteiger partial charge is 0.294 e. The molecule has 78 valence electrons. The van der Waals surface area contributed by atoms with E-state index in [9.17, 15) is 4.79 Å². The fourth-order valence-electron chi connectivity index (χ4n) is 0.919. The van der Waals surface area contributed by atoms with Gasteiger partial charge in [0, 0.05) is 11.7 Å². The minimum atomic E-state index is -0.0667. The van der Waals surface area contributed by atoms with Crippen LogP contribution < -0.4 is 11.3 Å². The van der Waals surface area contributed by atoms with Crippen molar-refractivity contribution in [3.8, 4) is 0 Å². The first-order valence-electron chi connectivity index (χ1n) is 4.81. The maximum absolute atomic E-state index is 10.8. The normalized spacial score (nSPS) is 12.5. The number of hydrazine groups is 1. The summed E-state index contributed by atoms with van der Waals surface area (Å²) in [6.07, 6.45) is 3.95. The van der Waals surface area contributed by atoms with Crippen LogP contribution in [0, 0.1) is 0 Å². The van der Waals surface area contributed by atoms with Crippen molar-refractivity contribution in [1.82, 2.24) is 5.43 Å². The Kier molecular flexibility index (Phi) is 8.24. The monoisotopic (exact) mass is 204 g/mol. The molecule has 0 saturated heterocycles. The molecule has 0 aromatic heterocycles. The van der Waals surface area contributed by atoms with Crippen LogP contribution in [0.5, 0.6) is 0 Å². The molecule has 0 bridgehead atoms. The van der Waals surface area contributed by atoms with Crippen LogP contribution in [-0.2, 0) is 4.79 Å². The first kappa shape index (κ1) is 12.8. The molecule has 0 fully saturated rings. The molecule has 0 rings (SSSR count). The Bertz CT molecular complexity index is 142. The number of nitrogens with one attached hydrogen (secondary N) is 1. The van der Waals surface area contributed by atoms with Crippen molar-refractivity contribution >= 4 is 17.7 Å². The number of amides is 1. The van der Waals surface area contributed by atoms with Crippen LogP contribution in [0.4, 0.5) is 0 Å². The third-order valence-electron chi connectivity index (χ3n) is 1.84. The van der Waals surface area contributed by atoms with E-state index in [0.29, 0.717) is 11.7 Å². The topological polar surface area (TPSA) is 55.1 Å². The molecule has 0 aromatic rings. The predicted octanol–water partition coefficient (Wildman–Crippen LogP) is 1.68. The van der Waals surface area contributed by atoms with Crippen LogP contribution in [0.25, 0.3) is 0 Å². The van der Waals surface area contributed by atoms with Crippen LogP contribution in [-0.4, -0.2) is 16.9 Å². The lowest BCUT2D eigenvalue weighted by Gasteiger charge is -2.09. The van der Waals surface area contributed by atoms with Crippen molar-refractivity contribution in [3.05, 3.63) is 0 Å². The van der Waals surface area contributed by atoms with Crippen molar-refractivity contribution in [3.63, 3.8) is 0 Å². The Hall–Kier alpha value is -0.220. The maximum Gasteiger partial charge on any atom is 0.233 e. The lowest BCUT2D eigenvalue weighted by molar-refractivity contribution is -0.121. The molecule has 0 aliphatic carbocycles. The van der Waals surface area contributed by atoms with E-state index in [1.807, 2.05) is 11.8 Å². The molecule has 3 nitrogen and oxygen atoms in total. The van der Waals surface area contributed by atoms with E-state index in [1.54, 1.807) is 0 Å². The minimum absolute atomic E-state index is 0.0667. The van der Waals surface area contributed by atoms with Gasteiger partial charge in [-0.05, 0) is 18.6 Å². The van der Waals surface area contributed by atoms with Crippen LogP contribution in [0.2, 0.25) is 0 Å². The fraction of sp³-hybridized carbons (Fsp3) is 0.889. The summed E-state index contributed by atoms with van der Waals surface area (Å²) in [5.41, 5.74) is 2.14. The van der Waals surface area contributed by atoms with Gasteiger partial charge in [0.1, 0.15) is 0 Å². The number of thioether (sulfide) groups is 1. The smallest absolute Gasteiger partial charge is 0.233 e. The van der Waals surface area contributed by atoms with Crippen LogP contribution in [0.1, 0.15) is 39.5 Å². The molecule has 1 atom stereocenters. The van der Waals surface area contributed by atoms with Crippen LogP contribution in [0.15, 0.2) is 0 Å². The van der Waals surface area contributed by atoms with E-state index in [2.05, 4.69) is 19.3 Å². The summed E-state index contributed by atoms with van der Waals surface area (Å²) in [6.45, 7) is 4.34. The third kappa shape index (κ3) is 8.12. The highest BCUT2D eigenvalue weighted by molar-refractivity contribution is 7.99. The Morgan fingerprint density at radius 3 is 2.85 bits per heavy atom. The summed E-state index contributed by atoms with van der Waals surface area (Å²) in [4.78, 5) is 10.8. The van der Waals surface area contributed by atoms with E-state index in [1.165, 1.54) is 18.6 Å². The molecule has 0 saturated carbocycles. The molecular formula is C9H20N2OS. The number of nitrogens with two attached hydrogens (primary N) is 1. The average molecular weight is 204 g/mol. The number of carbonyl (C=O) groups excluding carboxylic acids is 1. The summed E-state index contributed by atoms with van der Waals surface area (Å²) in [5, 5.41) is 0.559. The molecule has 1 unspecified atom stereocenters. The fourth-order valence-corrected chi connectivity index (χ4v) is 2.06. The van der Waals surface area contributed by atoms with Gasteiger partial charge < -0.3 is 0 Å². The van der Waals surface area contributed by atoms with Gasteiger partial charge in [0.15, 0.2) is 0 Å². The van der Waals surface area contributed by atoms with Gasteiger partial charge in [-0.2, -0.15) is 11.8 Å². The van der Waals surface area contributed by atoms with Crippen molar-refractivity contribution in [2.75, 3.05) is 5.75 Å². The number of hydrogen-bond donors (Lipinski definition) is 2. The molecule has 3 N–H and O–H groups in total. The Balaban J connectivity index is 3.29. The standard InChI is InChI=1S/C9H20N2OS/c1-3-4-7-13-8(2)5-6-9(12)11-10/h8H,3-7,10H2,1-2H3,(H,11,12). The highest BCUT2D eigenvalue weighted by Crippen LogP contribution is 2.16. The molecule has 0 radical (unpaired) electrons. The Morgan fingerprint density at radius 2 is 2.31 bits per heavy atom. The molecule has 0 aliphatic rings. The first-order chi connectivity index (χ1) is 6.20. The quantitative estimate of drug-likeness (QED) is 0.287.